The standard InChI is InChI=1S/C7H11ClO/c1-7(2)4-3-5(8)6(7)9/h5H,3-4H2,1-2H3/t5-/m1/s1. The topological polar surface area (TPSA) is 17.1 Å². The van der Waals surface area contributed by atoms with E-state index in [-0.39, 0.29) is 16.6 Å². The first kappa shape index (κ1) is 7.07. The fourth-order valence-corrected chi connectivity index (χ4v) is 1.57. The Labute approximate surface area is 60.4 Å². The first-order valence-electron chi connectivity index (χ1n) is 3.22. The molecule has 0 radical (unpaired) electrons. The Hall–Kier alpha value is -0.0400. The molecule has 0 aromatic heterocycles. The van der Waals surface area contributed by atoms with E-state index < -0.39 is 0 Å². The van der Waals surface area contributed by atoms with Crippen LogP contribution in [0.3, 0.4) is 0 Å². The van der Waals surface area contributed by atoms with Gasteiger partial charge in [-0.2, -0.15) is 0 Å². The smallest absolute Gasteiger partial charge is 0.156 e. The number of alkyl halides is 1. The van der Waals surface area contributed by atoms with Gasteiger partial charge in [-0.3, -0.25) is 4.79 Å². The van der Waals surface area contributed by atoms with Gasteiger partial charge in [0.05, 0.1) is 5.38 Å². The van der Waals surface area contributed by atoms with E-state index in [1.54, 1.807) is 0 Å². The molecule has 0 aromatic rings. The van der Waals surface area contributed by atoms with Crippen LogP contribution in [0.15, 0.2) is 0 Å². The number of carbonyl (C=O) groups excluding carboxylic acids is 1. The largest absolute Gasteiger partial charge is 0.297 e. The molecule has 0 bridgehead atoms. The molecule has 0 aromatic carbocycles. The maximum atomic E-state index is 11.1. The highest BCUT2D eigenvalue weighted by Gasteiger charge is 2.38. The molecule has 0 heterocycles. The molecule has 1 aliphatic rings. The van der Waals surface area contributed by atoms with Gasteiger partial charge in [-0.25, -0.2) is 0 Å². The molecule has 0 aliphatic heterocycles. The molecule has 1 aliphatic carbocycles. The van der Waals surface area contributed by atoms with E-state index in [4.69, 9.17) is 11.6 Å². The lowest BCUT2D eigenvalue weighted by Gasteiger charge is -2.12. The van der Waals surface area contributed by atoms with Gasteiger partial charge in [0.1, 0.15) is 0 Å². The number of Topliss-reactive ketones (excluding diaryl/α,β-unsaturated/α-hetero) is 1. The molecule has 52 valence electrons. The highest BCUT2D eigenvalue weighted by molar-refractivity contribution is 6.32. The molecule has 0 amide bonds. The highest BCUT2D eigenvalue weighted by atomic mass is 35.5. The molecule has 1 nitrogen and oxygen atoms in total. The second-order valence-corrected chi connectivity index (χ2v) is 3.78. The third-order valence-corrected chi connectivity index (χ3v) is 2.39. The number of halogens is 1. The van der Waals surface area contributed by atoms with Crippen LogP contribution in [-0.2, 0) is 4.79 Å². The van der Waals surface area contributed by atoms with Crippen molar-refractivity contribution in [1.82, 2.24) is 0 Å². The number of ketones is 1. The van der Waals surface area contributed by atoms with Crippen molar-refractivity contribution in [2.75, 3.05) is 0 Å². The van der Waals surface area contributed by atoms with Crippen molar-refractivity contribution >= 4 is 17.4 Å². The van der Waals surface area contributed by atoms with Gasteiger partial charge in [-0.15, -0.1) is 11.6 Å². The fourth-order valence-electron chi connectivity index (χ4n) is 1.17. The lowest BCUT2D eigenvalue weighted by Crippen LogP contribution is -2.21. The molecule has 1 atom stereocenters. The quantitative estimate of drug-likeness (QED) is 0.478. The van der Waals surface area contributed by atoms with Crippen LogP contribution in [0.1, 0.15) is 26.7 Å². The average Bonchev–Trinajstić information content (AvgIpc) is 1.97. The van der Waals surface area contributed by atoms with Crippen molar-refractivity contribution in [3.8, 4) is 0 Å². The summed E-state index contributed by atoms with van der Waals surface area (Å²) in [4.78, 5) is 11.1. The van der Waals surface area contributed by atoms with Crippen molar-refractivity contribution in [1.29, 1.82) is 0 Å². The van der Waals surface area contributed by atoms with Crippen LogP contribution >= 0.6 is 11.6 Å². The maximum absolute atomic E-state index is 11.1. The summed E-state index contributed by atoms with van der Waals surface area (Å²) >= 11 is 5.70. The van der Waals surface area contributed by atoms with Crippen LogP contribution < -0.4 is 0 Å². The van der Waals surface area contributed by atoms with Gasteiger partial charge in [0, 0.05) is 5.41 Å². The summed E-state index contributed by atoms with van der Waals surface area (Å²) in [5.41, 5.74) is -0.146. The first-order valence-corrected chi connectivity index (χ1v) is 3.66. The molecular weight excluding hydrogens is 136 g/mol. The van der Waals surface area contributed by atoms with Gasteiger partial charge in [0.25, 0.3) is 0 Å². The van der Waals surface area contributed by atoms with Gasteiger partial charge in [0.2, 0.25) is 0 Å². The molecule has 1 fully saturated rings. The molecular formula is C7H11ClO. The summed E-state index contributed by atoms with van der Waals surface area (Å²) < 4.78 is 0. The molecule has 0 unspecified atom stereocenters. The summed E-state index contributed by atoms with van der Waals surface area (Å²) in [6.45, 7) is 3.91. The third-order valence-electron chi connectivity index (χ3n) is 1.97. The Morgan fingerprint density at radius 3 is 2.33 bits per heavy atom. The summed E-state index contributed by atoms with van der Waals surface area (Å²) in [5.74, 6) is 0.212. The Bertz CT molecular complexity index is 140. The predicted octanol–water partition coefficient (Wildman–Crippen LogP) is 1.98. The summed E-state index contributed by atoms with van der Waals surface area (Å²) in [6, 6.07) is 0. The van der Waals surface area contributed by atoms with E-state index in [2.05, 4.69) is 0 Å². The number of carbonyl (C=O) groups is 1. The Morgan fingerprint density at radius 1 is 1.67 bits per heavy atom. The van der Waals surface area contributed by atoms with E-state index in [1.165, 1.54) is 0 Å². The number of hydrogen-bond donors (Lipinski definition) is 0. The van der Waals surface area contributed by atoms with Crippen LogP contribution in [0.25, 0.3) is 0 Å². The minimum absolute atomic E-state index is 0.146. The normalized spacial score (nSPS) is 33.2. The van der Waals surface area contributed by atoms with Gasteiger partial charge in [-0.1, -0.05) is 13.8 Å². The van der Waals surface area contributed by atoms with Gasteiger partial charge in [-0.05, 0) is 12.8 Å². The zero-order chi connectivity index (χ0) is 7.07. The Kier molecular flexibility index (Phi) is 1.55. The van der Waals surface area contributed by atoms with E-state index >= 15 is 0 Å². The second kappa shape index (κ2) is 1.98. The zero-order valence-corrected chi connectivity index (χ0v) is 6.53. The van der Waals surface area contributed by atoms with Gasteiger partial charge < -0.3 is 0 Å². The maximum Gasteiger partial charge on any atom is 0.156 e. The van der Waals surface area contributed by atoms with Gasteiger partial charge >= 0.3 is 0 Å². The third kappa shape index (κ3) is 1.11. The minimum atomic E-state index is -0.208. The zero-order valence-electron chi connectivity index (χ0n) is 5.78. The lowest BCUT2D eigenvalue weighted by molar-refractivity contribution is -0.123. The molecule has 0 spiro atoms. The van der Waals surface area contributed by atoms with Crippen LogP contribution in [0.2, 0.25) is 0 Å². The monoisotopic (exact) mass is 146 g/mol. The number of hydrogen-bond acceptors (Lipinski definition) is 1. The fraction of sp³-hybridized carbons (Fsp3) is 0.857. The van der Waals surface area contributed by atoms with Crippen molar-refractivity contribution in [3.05, 3.63) is 0 Å². The molecule has 0 saturated heterocycles. The Balaban J connectivity index is 2.74. The van der Waals surface area contributed by atoms with E-state index in [0.717, 1.165) is 12.8 Å². The summed E-state index contributed by atoms with van der Waals surface area (Å²) in [7, 11) is 0. The first-order chi connectivity index (χ1) is 4.04. The van der Waals surface area contributed by atoms with E-state index in [9.17, 15) is 4.79 Å². The van der Waals surface area contributed by atoms with Crippen molar-refractivity contribution < 1.29 is 4.79 Å². The average molecular weight is 147 g/mol. The van der Waals surface area contributed by atoms with E-state index in [0.29, 0.717) is 0 Å². The van der Waals surface area contributed by atoms with Crippen LogP contribution in [-0.4, -0.2) is 11.2 Å². The van der Waals surface area contributed by atoms with E-state index in [1.807, 2.05) is 13.8 Å². The van der Waals surface area contributed by atoms with Crippen molar-refractivity contribution in [2.45, 2.75) is 32.1 Å². The summed E-state index contributed by atoms with van der Waals surface area (Å²) in [5, 5.41) is -0.208. The molecule has 0 N–H and O–H groups in total. The predicted molar refractivity (Wildman–Crippen MR) is 37.7 cm³/mol. The van der Waals surface area contributed by atoms with Crippen LogP contribution in [0, 0.1) is 5.41 Å². The molecule has 1 saturated carbocycles. The molecule has 9 heavy (non-hydrogen) atoms. The van der Waals surface area contributed by atoms with Crippen LogP contribution in [0.5, 0.6) is 0 Å². The van der Waals surface area contributed by atoms with Crippen molar-refractivity contribution in [2.24, 2.45) is 5.41 Å². The Morgan fingerprint density at radius 2 is 2.22 bits per heavy atom. The second-order valence-electron chi connectivity index (χ2n) is 3.25. The molecule has 2 heteroatoms. The van der Waals surface area contributed by atoms with Crippen LogP contribution in [0.4, 0.5) is 0 Å². The number of rotatable bonds is 0. The summed E-state index contributed by atoms with van der Waals surface area (Å²) in [6.07, 6.45) is 1.80. The lowest BCUT2D eigenvalue weighted by atomic mass is 9.91. The highest BCUT2D eigenvalue weighted by Crippen LogP contribution is 2.36. The minimum Gasteiger partial charge on any atom is -0.297 e. The van der Waals surface area contributed by atoms with Crippen molar-refractivity contribution in [3.63, 3.8) is 0 Å². The van der Waals surface area contributed by atoms with Gasteiger partial charge in [0.15, 0.2) is 5.78 Å². The molecule has 1 rings (SSSR count). The SMILES string of the molecule is CC1(C)CC[C@@H](Cl)C1=O.